The van der Waals surface area contributed by atoms with Gasteiger partial charge in [0.25, 0.3) is 0 Å². The van der Waals surface area contributed by atoms with E-state index >= 15 is 0 Å². The zero-order valence-corrected chi connectivity index (χ0v) is 16.3. The van der Waals surface area contributed by atoms with Gasteiger partial charge in [-0.2, -0.15) is 11.3 Å². The molecule has 3 rings (SSSR count). The molecule has 1 fully saturated rings. The van der Waals surface area contributed by atoms with Crippen LogP contribution in [0, 0.1) is 0 Å². The maximum Gasteiger partial charge on any atom is 0.313 e. The van der Waals surface area contributed by atoms with E-state index in [4.69, 9.17) is 4.74 Å². The maximum atomic E-state index is 12.3. The second-order valence-electron chi connectivity index (χ2n) is 6.40. The van der Waals surface area contributed by atoms with Crippen molar-refractivity contribution in [1.82, 2.24) is 10.2 Å². The number of anilines is 1. The first-order chi connectivity index (χ1) is 13.2. The molecule has 1 aromatic carbocycles. The number of nitrogens with one attached hydrogen (secondary N) is 2. The largest absolute Gasteiger partial charge is 0.379 e. The van der Waals surface area contributed by atoms with Crippen molar-refractivity contribution < 1.29 is 14.3 Å². The molecule has 2 amide bonds. The van der Waals surface area contributed by atoms with Crippen LogP contribution in [-0.2, 0) is 20.7 Å². The van der Waals surface area contributed by atoms with Crippen molar-refractivity contribution >= 4 is 28.8 Å². The summed E-state index contributed by atoms with van der Waals surface area (Å²) in [6, 6.07) is 9.62. The van der Waals surface area contributed by atoms with Crippen molar-refractivity contribution in [2.75, 3.05) is 38.2 Å². The van der Waals surface area contributed by atoms with E-state index in [1.54, 1.807) is 11.3 Å². The molecule has 0 aliphatic carbocycles. The average Bonchev–Trinajstić information content (AvgIpc) is 3.23. The SMILES string of the molecule is CCc1ccccc1NC(=O)C(=O)NCC(c1ccsc1)N1CCOCC1. The monoisotopic (exact) mass is 387 g/mol. The number of para-hydroxylation sites is 1. The molecule has 1 unspecified atom stereocenters. The Balaban J connectivity index is 1.60. The van der Waals surface area contributed by atoms with Crippen LogP contribution < -0.4 is 10.6 Å². The molecule has 27 heavy (non-hydrogen) atoms. The van der Waals surface area contributed by atoms with Gasteiger partial charge in [0, 0.05) is 25.3 Å². The summed E-state index contributed by atoms with van der Waals surface area (Å²) in [6.07, 6.45) is 0.787. The smallest absolute Gasteiger partial charge is 0.313 e. The fourth-order valence-electron chi connectivity index (χ4n) is 3.21. The number of ether oxygens (including phenoxy) is 1. The van der Waals surface area contributed by atoms with Crippen LogP contribution in [0.15, 0.2) is 41.1 Å². The lowest BCUT2D eigenvalue weighted by Crippen LogP contribution is -2.45. The molecular weight excluding hydrogens is 362 g/mol. The van der Waals surface area contributed by atoms with Crippen LogP contribution in [-0.4, -0.2) is 49.6 Å². The molecule has 1 atom stereocenters. The number of hydrogen-bond acceptors (Lipinski definition) is 5. The summed E-state index contributed by atoms with van der Waals surface area (Å²) in [7, 11) is 0. The molecule has 0 bridgehead atoms. The zero-order valence-electron chi connectivity index (χ0n) is 15.4. The number of amides is 2. The van der Waals surface area contributed by atoms with E-state index in [0.29, 0.717) is 25.4 Å². The Hall–Kier alpha value is -2.22. The van der Waals surface area contributed by atoms with E-state index in [1.807, 2.05) is 36.6 Å². The van der Waals surface area contributed by atoms with E-state index in [9.17, 15) is 9.59 Å². The highest BCUT2D eigenvalue weighted by Gasteiger charge is 2.25. The summed E-state index contributed by atoms with van der Waals surface area (Å²) in [5, 5.41) is 9.63. The van der Waals surface area contributed by atoms with E-state index in [-0.39, 0.29) is 6.04 Å². The number of nitrogens with zero attached hydrogens (tertiary/aromatic N) is 1. The second-order valence-corrected chi connectivity index (χ2v) is 7.18. The predicted octanol–water partition coefficient (Wildman–Crippen LogP) is 2.44. The number of carbonyl (C=O) groups excluding carboxylic acids is 2. The van der Waals surface area contributed by atoms with Crippen LogP contribution in [0.2, 0.25) is 0 Å². The third-order valence-electron chi connectivity index (χ3n) is 4.72. The number of rotatable bonds is 6. The lowest BCUT2D eigenvalue weighted by Gasteiger charge is -2.34. The third kappa shape index (κ3) is 5.15. The molecule has 2 aromatic rings. The molecule has 6 nitrogen and oxygen atoms in total. The second kappa shape index (κ2) is 9.64. The number of aryl methyl sites for hydroxylation is 1. The molecule has 0 saturated carbocycles. The number of hydrogen-bond donors (Lipinski definition) is 2. The number of thiophene rings is 1. The molecular formula is C20H25N3O3S. The fraction of sp³-hybridized carbons (Fsp3) is 0.400. The van der Waals surface area contributed by atoms with E-state index in [1.165, 1.54) is 0 Å². The van der Waals surface area contributed by atoms with Gasteiger partial charge in [-0.3, -0.25) is 14.5 Å². The minimum absolute atomic E-state index is 0.0415. The lowest BCUT2D eigenvalue weighted by atomic mass is 10.1. The summed E-state index contributed by atoms with van der Waals surface area (Å²) in [5.41, 5.74) is 2.84. The Kier molecular flexibility index (Phi) is 6.98. The van der Waals surface area contributed by atoms with Gasteiger partial charge in [0.1, 0.15) is 0 Å². The highest BCUT2D eigenvalue weighted by Crippen LogP contribution is 2.23. The van der Waals surface area contributed by atoms with Crippen molar-refractivity contribution in [2.45, 2.75) is 19.4 Å². The third-order valence-corrected chi connectivity index (χ3v) is 5.42. The topological polar surface area (TPSA) is 70.7 Å². The molecule has 7 heteroatoms. The summed E-state index contributed by atoms with van der Waals surface area (Å²) >= 11 is 1.63. The van der Waals surface area contributed by atoms with Crippen molar-refractivity contribution in [3.63, 3.8) is 0 Å². The standard InChI is InChI=1S/C20H25N3O3S/c1-2-15-5-3-4-6-17(15)22-20(25)19(24)21-13-18(16-7-12-27-14-16)23-8-10-26-11-9-23/h3-7,12,14,18H,2,8-11,13H2,1H3,(H,21,24)(H,22,25). The molecule has 0 radical (unpaired) electrons. The highest BCUT2D eigenvalue weighted by atomic mass is 32.1. The van der Waals surface area contributed by atoms with Gasteiger partial charge in [0.05, 0.1) is 19.3 Å². The van der Waals surface area contributed by atoms with Gasteiger partial charge in [0.2, 0.25) is 0 Å². The minimum atomic E-state index is -0.637. The Labute approximate surface area is 163 Å². The van der Waals surface area contributed by atoms with Crippen LogP contribution in [0.1, 0.15) is 24.1 Å². The minimum Gasteiger partial charge on any atom is -0.379 e. The molecule has 1 saturated heterocycles. The zero-order chi connectivity index (χ0) is 19.1. The van der Waals surface area contributed by atoms with Gasteiger partial charge in [0.15, 0.2) is 0 Å². The number of carbonyl (C=O) groups is 2. The van der Waals surface area contributed by atoms with Crippen LogP contribution in [0.4, 0.5) is 5.69 Å². The van der Waals surface area contributed by atoms with Gasteiger partial charge in [-0.1, -0.05) is 25.1 Å². The fourth-order valence-corrected chi connectivity index (χ4v) is 3.92. The quantitative estimate of drug-likeness (QED) is 0.747. The highest BCUT2D eigenvalue weighted by molar-refractivity contribution is 7.08. The van der Waals surface area contributed by atoms with Crippen molar-refractivity contribution in [2.24, 2.45) is 0 Å². The van der Waals surface area contributed by atoms with Crippen molar-refractivity contribution in [3.8, 4) is 0 Å². The van der Waals surface area contributed by atoms with Gasteiger partial charge < -0.3 is 15.4 Å². The molecule has 1 aliphatic rings. The van der Waals surface area contributed by atoms with Gasteiger partial charge in [-0.05, 0) is 40.4 Å². The van der Waals surface area contributed by atoms with Crippen LogP contribution >= 0.6 is 11.3 Å². The van der Waals surface area contributed by atoms with Crippen LogP contribution in [0.5, 0.6) is 0 Å². The summed E-state index contributed by atoms with van der Waals surface area (Å²) in [4.78, 5) is 26.9. The van der Waals surface area contributed by atoms with E-state index in [2.05, 4.69) is 27.0 Å². The van der Waals surface area contributed by atoms with Crippen LogP contribution in [0.25, 0.3) is 0 Å². The van der Waals surface area contributed by atoms with Crippen LogP contribution in [0.3, 0.4) is 0 Å². The molecule has 0 spiro atoms. The summed E-state index contributed by atoms with van der Waals surface area (Å²) in [5.74, 6) is -1.25. The summed E-state index contributed by atoms with van der Waals surface area (Å²) < 4.78 is 5.43. The molecule has 2 N–H and O–H groups in total. The predicted molar refractivity (Wildman–Crippen MR) is 107 cm³/mol. The Morgan fingerprint density at radius 2 is 1.96 bits per heavy atom. The van der Waals surface area contributed by atoms with Crippen molar-refractivity contribution in [1.29, 1.82) is 0 Å². The Bertz CT molecular complexity index is 758. The first-order valence-electron chi connectivity index (χ1n) is 9.20. The van der Waals surface area contributed by atoms with Crippen molar-refractivity contribution in [3.05, 3.63) is 52.2 Å². The van der Waals surface area contributed by atoms with Gasteiger partial charge >= 0.3 is 11.8 Å². The Morgan fingerprint density at radius 1 is 1.19 bits per heavy atom. The molecule has 144 valence electrons. The van der Waals surface area contributed by atoms with E-state index < -0.39 is 11.8 Å². The first-order valence-corrected chi connectivity index (χ1v) is 10.1. The molecule has 1 aromatic heterocycles. The molecule has 1 aliphatic heterocycles. The normalized spacial score (nSPS) is 15.9. The van der Waals surface area contributed by atoms with Gasteiger partial charge in [-0.25, -0.2) is 0 Å². The first kappa shape index (κ1) is 19.5. The van der Waals surface area contributed by atoms with Gasteiger partial charge in [-0.15, -0.1) is 0 Å². The Morgan fingerprint density at radius 3 is 2.67 bits per heavy atom. The average molecular weight is 388 g/mol. The lowest BCUT2D eigenvalue weighted by molar-refractivity contribution is -0.136. The number of benzene rings is 1. The molecule has 2 heterocycles. The van der Waals surface area contributed by atoms with E-state index in [0.717, 1.165) is 30.6 Å². The maximum absolute atomic E-state index is 12.3. The summed E-state index contributed by atoms with van der Waals surface area (Å²) in [6.45, 7) is 5.39. The number of morpholine rings is 1.